The number of aromatic nitrogens is 3. The lowest BCUT2D eigenvalue weighted by atomic mass is 10.0. The molecule has 1 fully saturated rings. The van der Waals surface area contributed by atoms with Crippen molar-refractivity contribution in [1.82, 2.24) is 24.8 Å². The molecular formula is C20H21N5O. The molecule has 1 atom stereocenters. The molecule has 0 aliphatic carbocycles. The third-order valence-corrected chi connectivity index (χ3v) is 4.71. The van der Waals surface area contributed by atoms with Gasteiger partial charge in [0, 0.05) is 38.2 Å². The van der Waals surface area contributed by atoms with Crippen LogP contribution in [0.5, 0.6) is 0 Å². The summed E-state index contributed by atoms with van der Waals surface area (Å²) in [5.41, 5.74) is 2.26. The minimum Gasteiger partial charge on any atom is -0.351 e. The molecule has 1 saturated heterocycles. The molecule has 4 rings (SSSR count). The highest BCUT2D eigenvalue weighted by atomic mass is 16.2. The number of carbonyl (C=O) groups excluding carboxylic acids is 1. The molecule has 1 amide bonds. The van der Waals surface area contributed by atoms with Crippen LogP contribution in [0, 0.1) is 0 Å². The third kappa shape index (κ3) is 3.65. The van der Waals surface area contributed by atoms with E-state index < -0.39 is 0 Å². The monoisotopic (exact) mass is 347 g/mol. The molecule has 0 bridgehead atoms. The van der Waals surface area contributed by atoms with E-state index in [-0.39, 0.29) is 11.9 Å². The summed E-state index contributed by atoms with van der Waals surface area (Å²) in [5.74, 6) is 0.886. The van der Waals surface area contributed by atoms with Gasteiger partial charge in [0.05, 0.1) is 6.04 Å². The quantitative estimate of drug-likeness (QED) is 0.742. The van der Waals surface area contributed by atoms with Crippen molar-refractivity contribution in [1.29, 1.82) is 0 Å². The first-order valence-electron chi connectivity index (χ1n) is 8.78. The Hall–Kier alpha value is -2.99. The van der Waals surface area contributed by atoms with Crippen molar-refractivity contribution in [3.63, 3.8) is 0 Å². The Morgan fingerprint density at radius 2 is 2.04 bits per heavy atom. The van der Waals surface area contributed by atoms with Gasteiger partial charge in [-0.15, -0.1) is 0 Å². The first kappa shape index (κ1) is 16.5. The van der Waals surface area contributed by atoms with E-state index in [1.54, 1.807) is 18.7 Å². The highest BCUT2D eigenvalue weighted by Gasteiger charge is 2.33. The zero-order chi connectivity index (χ0) is 17.8. The second-order valence-corrected chi connectivity index (χ2v) is 6.47. The lowest BCUT2D eigenvalue weighted by Crippen LogP contribution is -2.55. The number of benzene rings is 1. The predicted molar refractivity (Wildman–Crippen MR) is 98.5 cm³/mol. The van der Waals surface area contributed by atoms with Crippen LogP contribution in [0.4, 0.5) is 0 Å². The van der Waals surface area contributed by atoms with Crippen molar-refractivity contribution < 1.29 is 4.79 Å². The molecule has 1 aromatic carbocycles. The average Bonchev–Trinajstić information content (AvgIpc) is 3.20. The number of nitrogens with one attached hydrogen (secondary N) is 1. The predicted octanol–water partition coefficient (Wildman–Crippen LogP) is 2.16. The highest BCUT2D eigenvalue weighted by molar-refractivity contribution is 5.82. The summed E-state index contributed by atoms with van der Waals surface area (Å²) in [5, 5.41) is 3.06. The Balaban J connectivity index is 1.33. The van der Waals surface area contributed by atoms with Crippen LogP contribution >= 0.6 is 0 Å². The molecule has 0 radical (unpaired) electrons. The number of hydrogen-bond acceptors (Lipinski definition) is 4. The van der Waals surface area contributed by atoms with E-state index in [1.807, 2.05) is 41.1 Å². The van der Waals surface area contributed by atoms with Crippen molar-refractivity contribution in [2.24, 2.45) is 0 Å². The van der Waals surface area contributed by atoms with Gasteiger partial charge in [-0.3, -0.25) is 14.3 Å². The van der Waals surface area contributed by atoms with Crippen LogP contribution in [0.15, 0.2) is 67.4 Å². The zero-order valence-corrected chi connectivity index (χ0v) is 14.5. The lowest BCUT2D eigenvalue weighted by Gasteiger charge is -2.39. The first-order chi connectivity index (χ1) is 12.8. The molecule has 3 aromatic rings. The summed E-state index contributed by atoms with van der Waals surface area (Å²) in [6, 6.07) is 14.1. The van der Waals surface area contributed by atoms with Gasteiger partial charge < -0.3 is 5.32 Å². The van der Waals surface area contributed by atoms with E-state index in [1.165, 1.54) is 5.56 Å². The maximum Gasteiger partial charge on any atom is 0.237 e. The summed E-state index contributed by atoms with van der Waals surface area (Å²) in [6.45, 7) is 2.28. The van der Waals surface area contributed by atoms with E-state index in [2.05, 4.69) is 32.3 Å². The number of pyridine rings is 1. The fourth-order valence-electron chi connectivity index (χ4n) is 3.16. The molecule has 3 heterocycles. The first-order valence-corrected chi connectivity index (χ1v) is 8.78. The molecule has 6 nitrogen and oxygen atoms in total. The average molecular weight is 347 g/mol. The Morgan fingerprint density at radius 3 is 2.77 bits per heavy atom. The molecule has 26 heavy (non-hydrogen) atoms. The number of carbonyl (C=O) groups is 1. The van der Waals surface area contributed by atoms with Gasteiger partial charge >= 0.3 is 0 Å². The highest BCUT2D eigenvalue weighted by Crippen LogP contribution is 2.20. The maximum absolute atomic E-state index is 12.5. The zero-order valence-electron chi connectivity index (χ0n) is 14.5. The number of hydrogen-bond donors (Lipinski definition) is 1. The number of nitrogens with zero attached hydrogens (tertiary/aromatic N) is 4. The molecule has 1 unspecified atom stereocenters. The maximum atomic E-state index is 12.5. The molecule has 1 aliphatic rings. The van der Waals surface area contributed by atoms with Crippen LogP contribution < -0.4 is 5.32 Å². The number of imidazole rings is 1. The van der Waals surface area contributed by atoms with Gasteiger partial charge in [-0.05, 0) is 29.7 Å². The van der Waals surface area contributed by atoms with Crippen LogP contribution in [0.1, 0.15) is 17.5 Å². The molecular weight excluding hydrogens is 326 g/mol. The van der Waals surface area contributed by atoms with Crippen molar-refractivity contribution in [2.75, 3.05) is 6.54 Å². The van der Waals surface area contributed by atoms with Gasteiger partial charge in [-0.2, -0.15) is 0 Å². The third-order valence-electron chi connectivity index (χ3n) is 4.71. The van der Waals surface area contributed by atoms with Gasteiger partial charge in [0.1, 0.15) is 12.1 Å². The molecule has 1 aliphatic heterocycles. The molecule has 0 saturated carbocycles. The van der Waals surface area contributed by atoms with Gasteiger partial charge in [0.15, 0.2) is 0 Å². The van der Waals surface area contributed by atoms with Crippen molar-refractivity contribution >= 4 is 5.91 Å². The van der Waals surface area contributed by atoms with Gasteiger partial charge in [-0.1, -0.05) is 30.3 Å². The van der Waals surface area contributed by atoms with Crippen LogP contribution in [0.2, 0.25) is 0 Å². The Labute approximate surface area is 152 Å². The van der Waals surface area contributed by atoms with E-state index in [0.29, 0.717) is 6.54 Å². The van der Waals surface area contributed by atoms with E-state index >= 15 is 0 Å². The Kier molecular flexibility index (Phi) is 4.75. The second kappa shape index (κ2) is 7.49. The van der Waals surface area contributed by atoms with Gasteiger partial charge in [0.25, 0.3) is 0 Å². The smallest absolute Gasteiger partial charge is 0.237 e. The van der Waals surface area contributed by atoms with E-state index in [0.717, 1.165) is 30.9 Å². The minimum atomic E-state index is -0.0369. The van der Waals surface area contributed by atoms with Crippen LogP contribution in [0.3, 0.4) is 0 Å². The lowest BCUT2D eigenvalue weighted by molar-refractivity contribution is -0.131. The van der Waals surface area contributed by atoms with Gasteiger partial charge in [0.2, 0.25) is 5.91 Å². The van der Waals surface area contributed by atoms with Crippen molar-refractivity contribution in [3.8, 4) is 5.82 Å². The number of rotatable bonds is 6. The van der Waals surface area contributed by atoms with Crippen molar-refractivity contribution in [3.05, 3.63) is 78.5 Å². The summed E-state index contributed by atoms with van der Waals surface area (Å²) < 4.78 is 1.85. The van der Waals surface area contributed by atoms with Crippen LogP contribution in [0.25, 0.3) is 5.82 Å². The summed E-state index contributed by atoms with van der Waals surface area (Å²) in [4.78, 5) is 23.1. The second-order valence-electron chi connectivity index (χ2n) is 6.47. The fourth-order valence-corrected chi connectivity index (χ4v) is 3.16. The fraction of sp³-hybridized carbons (Fsp3) is 0.250. The normalized spacial score (nSPS) is 16.8. The van der Waals surface area contributed by atoms with E-state index in [4.69, 9.17) is 0 Å². The Bertz CT molecular complexity index is 863. The SMILES string of the molecule is O=C(NCc1ccnc(-n2ccnc2)c1)C1CCN1Cc1ccccc1. The molecule has 6 heteroatoms. The number of likely N-dealkylation sites (tertiary alicyclic amines) is 1. The Morgan fingerprint density at radius 1 is 1.15 bits per heavy atom. The standard InChI is InChI=1S/C20H21N5O/c26-20(18-7-10-24(18)14-16-4-2-1-3-5-16)23-13-17-6-8-22-19(12-17)25-11-9-21-15-25/h1-6,8-9,11-12,15,18H,7,10,13-14H2,(H,23,26). The summed E-state index contributed by atoms with van der Waals surface area (Å²) in [6.07, 6.45) is 7.94. The van der Waals surface area contributed by atoms with Crippen LogP contribution in [-0.4, -0.2) is 37.9 Å². The molecule has 0 spiro atoms. The van der Waals surface area contributed by atoms with E-state index in [9.17, 15) is 4.79 Å². The van der Waals surface area contributed by atoms with Gasteiger partial charge in [-0.25, -0.2) is 9.97 Å². The largest absolute Gasteiger partial charge is 0.351 e. The molecule has 132 valence electrons. The minimum absolute atomic E-state index is 0.0369. The topological polar surface area (TPSA) is 63.1 Å². The molecule has 2 aromatic heterocycles. The van der Waals surface area contributed by atoms with Crippen molar-refractivity contribution in [2.45, 2.75) is 25.6 Å². The summed E-state index contributed by atoms with van der Waals surface area (Å²) in [7, 11) is 0. The number of amides is 1. The molecule has 1 N–H and O–H groups in total. The summed E-state index contributed by atoms with van der Waals surface area (Å²) >= 11 is 0. The van der Waals surface area contributed by atoms with Crippen LogP contribution in [-0.2, 0) is 17.9 Å².